The van der Waals surface area contributed by atoms with Crippen molar-refractivity contribution >= 4 is 23.6 Å². The van der Waals surface area contributed by atoms with Crippen LogP contribution in [0.4, 0.5) is 0 Å². The highest BCUT2D eigenvalue weighted by molar-refractivity contribution is 6.07. The number of carboxylic acid groups (broad SMARTS) is 2. The van der Waals surface area contributed by atoms with Crippen LogP contribution in [0.3, 0.4) is 0 Å². The van der Waals surface area contributed by atoms with E-state index in [0.717, 1.165) is 62.9 Å². The molecule has 2 heterocycles. The van der Waals surface area contributed by atoms with E-state index in [1.165, 1.54) is 0 Å². The monoisotopic (exact) mass is 501 g/mol. The fourth-order valence-corrected chi connectivity index (χ4v) is 5.07. The summed E-state index contributed by atoms with van der Waals surface area (Å²) in [6.07, 6.45) is 7.39. The van der Waals surface area contributed by atoms with Gasteiger partial charge in [0.05, 0.1) is 26.0 Å². The van der Waals surface area contributed by atoms with Crippen molar-refractivity contribution in [3.05, 3.63) is 35.9 Å². The van der Waals surface area contributed by atoms with E-state index in [9.17, 15) is 14.4 Å². The molecule has 10 heteroatoms. The molecule has 1 aliphatic carbocycles. The Morgan fingerprint density at radius 2 is 1.53 bits per heavy atom. The van der Waals surface area contributed by atoms with Crippen LogP contribution in [-0.2, 0) is 14.4 Å². The third-order valence-corrected chi connectivity index (χ3v) is 6.96. The van der Waals surface area contributed by atoms with Crippen LogP contribution in [0, 0.1) is 11.8 Å². The van der Waals surface area contributed by atoms with Gasteiger partial charge in [-0.1, -0.05) is 12.8 Å². The van der Waals surface area contributed by atoms with Gasteiger partial charge in [-0.25, -0.2) is 14.6 Å². The van der Waals surface area contributed by atoms with Crippen molar-refractivity contribution in [3.63, 3.8) is 0 Å². The number of carbonyl (C=O) groups excluding carboxylic acids is 1. The van der Waals surface area contributed by atoms with E-state index < -0.39 is 11.9 Å². The zero-order valence-corrected chi connectivity index (χ0v) is 21.1. The van der Waals surface area contributed by atoms with Crippen molar-refractivity contribution in [3.8, 4) is 11.5 Å². The molecule has 1 aromatic rings. The maximum absolute atomic E-state index is 13.3. The maximum Gasteiger partial charge on any atom is 0.328 e. The molecule has 4 rings (SSSR count). The Hall–Kier alpha value is -3.40. The van der Waals surface area contributed by atoms with Crippen LogP contribution in [0.2, 0.25) is 0 Å². The van der Waals surface area contributed by atoms with E-state index in [-0.39, 0.29) is 23.8 Å². The molecular formula is C26H35N3O7. The number of methoxy groups -OCH3 is 2. The number of ether oxygens (including phenoxy) is 2. The maximum atomic E-state index is 13.3. The third kappa shape index (κ3) is 6.63. The van der Waals surface area contributed by atoms with E-state index >= 15 is 0 Å². The number of hydrazone groups is 1. The van der Waals surface area contributed by atoms with Crippen LogP contribution < -0.4 is 9.47 Å². The molecule has 1 amide bonds. The molecule has 0 aromatic heterocycles. The van der Waals surface area contributed by atoms with Gasteiger partial charge >= 0.3 is 11.9 Å². The Morgan fingerprint density at radius 3 is 2.08 bits per heavy atom. The first-order valence-corrected chi connectivity index (χ1v) is 12.2. The van der Waals surface area contributed by atoms with E-state index in [2.05, 4.69) is 18.0 Å². The molecular weight excluding hydrogens is 466 g/mol. The summed E-state index contributed by atoms with van der Waals surface area (Å²) in [5.74, 6) is -0.581. The number of likely N-dealkylation sites (tertiary alicyclic amines) is 1. The molecule has 2 fully saturated rings. The largest absolute Gasteiger partial charge is 0.493 e. The average Bonchev–Trinajstić information content (AvgIpc) is 2.88. The van der Waals surface area contributed by atoms with Crippen molar-refractivity contribution in [2.24, 2.45) is 16.9 Å². The second-order valence-corrected chi connectivity index (χ2v) is 9.28. The van der Waals surface area contributed by atoms with Crippen LogP contribution in [0.25, 0.3) is 0 Å². The molecule has 1 saturated carbocycles. The smallest absolute Gasteiger partial charge is 0.328 e. The van der Waals surface area contributed by atoms with Crippen molar-refractivity contribution < 1.29 is 34.1 Å². The summed E-state index contributed by atoms with van der Waals surface area (Å²) >= 11 is 0. The lowest BCUT2D eigenvalue weighted by Gasteiger charge is -2.43. The van der Waals surface area contributed by atoms with Crippen molar-refractivity contribution in [2.45, 2.75) is 44.6 Å². The highest BCUT2D eigenvalue weighted by Crippen LogP contribution is 2.40. The minimum Gasteiger partial charge on any atom is -0.493 e. The lowest BCUT2D eigenvalue weighted by atomic mass is 9.73. The molecule has 2 atom stereocenters. The number of benzene rings is 1. The summed E-state index contributed by atoms with van der Waals surface area (Å²) in [5.41, 5.74) is 2.09. The average molecular weight is 502 g/mol. The van der Waals surface area contributed by atoms with Crippen LogP contribution in [0.15, 0.2) is 35.5 Å². The second kappa shape index (κ2) is 12.5. The fraction of sp³-hybridized carbons (Fsp3) is 0.538. The summed E-state index contributed by atoms with van der Waals surface area (Å²) in [6.45, 7) is 2.04. The van der Waals surface area contributed by atoms with Crippen molar-refractivity contribution in [1.29, 1.82) is 0 Å². The molecule has 196 valence electrons. The number of amides is 1. The molecule has 36 heavy (non-hydrogen) atoms. The predicted molar refractivity (Wildman–Crippen MR) is 133 cm³/mol. The summed E-state index contributed by atoms with van der Waals surface area (Å²) in [7, 11) is 5.44. The van der Waals surface area contributed by atoms with Crippen LogP contribution >= 0.6 is 0 Å². The molecule has 3 aliphatic rings. The van der Waals surface area contributed by atoms with Gasteiger partial charge in [0, 0.05) is 29.6 Å². The molecule has 0 unspecified atom stereocenters. The highest BCUT2D eigenvalue weighted by atomic mass is 16.5. The van der Waals surface area contributed by atoms with Gasteiger partial charge in [0.1, 0.15) is 0 Å². The first kappa shape index (κ1) is 27.2. The Labute approximate surface area is 211 Å². The molecule has 0 spiro atoms. The summed E-state index contributed by atoms with van der Waals surface area (Å²) in [4.78, 5) is 34.7. The minimum atomic E-state index is -1.26. The third-order valence-electron chi connectivity index (χ3n) is 6.96. The SMILES string of the molecule is COc1ccc(C2=NN(C3CCN(C)CC3)C(=O)[C@@H]3CCCC[C@H]23)cc1OC.O=C(O)/C=C/C(=O)O. The molecule has 1 aromatic carbocycles. The second-order valence-electron chi connectivity index (χ2n) is 9.28. The van der Waals surface area contributed by atoms with Gasteiger partial charge in [0.15, 0.2) is 11.5 Å². The Bertz CT molecular complexity index is 999. The Morgan fingerprint density at radius 1 is 0.944 bits per heavy atom. The number of nitrogens with zero attached hydrogens (tertiary/aromatic N) is 3. The quantitative estimate of drug-likeness (QED) is 0.570. The lowest BCUT2D eigenvalue weighted by molar-refractivity contribution is -0.142. The minimum absolute atomic E-state index is 0.0639. The standard InChI is InChI=1S/C22H31N3O3.C4H4O4/c1-24-12-10-16(11-13-24)25-22(26)18-7-5-4-6-17(18)21(23-25)15-8-9-19(27-2)20(14-15)28-3;5-3(6)1-2-4(7)8/h8-9,14,16-18H,4-7,10-13H2,1-3H3;1-2H,(H,5,6)(H,7,8)/b;2-1+/t17-,18+;/m0./s1. The predicted octanol–water partition coefficient (Wildman–Crippen LogP) is 2.86. The summed E-state index contributed by atoms with van der Waals surface area (Å²) in [5, 5.41) is 22.4. The van der Waals surface area contributed by atoms with Gasteiger partial charge in [0.25, 0.3) is 0 Å². The number of aliphatic carboxylic acids is 2. The normalized spacial score (nSPS) is 22.8. The molecule has 2 N–H and O–H groups in total. The number of hydrogen-bond donors (Lipinski definition) is 2. The zero-order chi connectivity index (χ0) is 26.2. The summed E-state index contributed by atoms with van der Waals surface area (Å²) < 4.78 is 10.9. The lowest BCUT2D eigenvalue weighted by Crippen LogP contribution is -2.52. The van der Waals surface area contributed by atoms with E-state index in [0.29, 0.717) is 23.7 Å². The van der Waals surface area contributed by atoms with Gasteiger partial charge in [-0.3, -0.25) is 4.79 Å². The molecule has 2 aliphatic heterocycles. The number of hydrogen-bond acceptors (Lipinski definition) is 7. The number of fused-ring (bicyclic) bond motifs is 1. The Balaban J connectivity index is 0.000000392. The van der Waals surface area contributed by atoms with E-state index in [4.69, 9.17) is 24.8 Å². The van der Waals surface area contributed by atoms with Gasteiger partial charge in [0.2, 0.25) is 5.91 Å². The molecule has 0 bridgehead atoms. The fourth-order valence-electron chi connectivity index (χ4n) is 5.07. The highest BCUT2D eigenvalue weighted by Gasteiger charge is 2.43. The van der Waals surface area contributed by atoms with Gasteiger partial charge in [-0.15, -0.1) is 0 Å². The van der Waals surface area contributed by atoms with Crippen molar-refractivity contribution in [2.75, 3.05) is 34.4 Å². The summed E-state index contributed by atoms with van der Waals surface area (Å²) in [6, 6.07) is 6.20. The Kier molecular flexibility index (Phi) is 9.46. The van der Waals surface area contributed by atoms with E-state index in [1.807, 2.05) is 17.1 Å². The molecule has 0 radical (unpaired) electrons. The first-order valence-electron chi connectivity index (χ1n) is 12.2. The van der Waals surface area contributed by atoms with Crippen LogP contribution in [0.5, 0.6) is 11.5 Å². The molecule has 10 nitrogen and oxygen atoms in total. The van der Waals surface area contributed by atoms with Crippen LogP contribution in [0.1, 0.15) is 44.1 Å². The topological polar surface area (TPSA) is 129 Å². The number of piperidine rings is 1. The van der Waals surface area contributed by atoms with Crippen LogP contribution in [-0.4, -0.2) is 84.1 Å². The number of rotatable bonds is 6. The van der Waals surface area contributed by atoms with Gasteiger partial charge in [-0.2, -0.15) is 5.10 Å². The first-order chi connectivity index (χ1) is 17.2. The number of carbonyl (C=O) groups is 3. The van der Waals surface area contributed by atoms with Gasteiger partial charge in [-0.05, 0) is 64.0 Å². The van der Waals surface area contributed by atoms with Gasteiger partial charge < -0.3 is 24.6 Å². The zero-order valence-electron chi connectivity index (χ0n) is 21.1. The van der Waals surface area contributed by atoms with Crippen molar-refractivity contribution in [1.82, 2.24) is 9.91 Å². The molecule has 1 saturated heterocycles. The van der Waals surface area contributed by atoms with E-state index in [1.54, 1.807) is 14.2 Å². The number of carboxylic acids is 2.